The highest BCUT2D eigenvalue weighted by molar-refractivity contribution is 7.89. The summed E-state index contributed by atoms with van der Waals surface area (Å²) in [6, 6.07) is -0.356. The highest BCUT2D eigenvalue weighted by atomic mass is 32.2. The molecule has 0 bridgehead atoms. The van der Waals surface area contributed by atoms with Crippen LogP contribution >= 0.6 is 0 Å². The van der Waals surface area contributed by atoms with Crippen molar-refractivity contribution in [1.29, 1.82) is 0 Å². The molecular formula is C13H20N4O4S. The van der Waals surface area contributed by atoms with Gasteiger partial charge in [-0.25, -0.2) is 17.7 Å². The number of hydrogen-bond acceptors (Lipinski definition) is 6. The van der Waals surface area contributed by atoms with E-state index in [0.717, 1.165) is 5.69 Å². The zero-order chi connectivity index (χ0) is 16.3. The zero-order valence-electron chi connectivity index (χ0n) is 12.8. The van der Waals surface area contributed by atoms with Crippen LogP contribution in [-0.4, -0.2) is 67.7 Å². The third-order valence-electron chi connectivity index (χ3n) is 3.51. The number of nitrogens with one attached hydrogen (secondary N) is 1. The minimum Gasteiger partial charge on any atom is -0.379 e. The first-order valence-corrected chi connectivity index (χ1v) is 8.48. The predicted molar refractivity (Wildman–Crippen MR) is 79.8 cm³/mol. The Morgan fingerprint density at radius 2 is 2.09 bits per heavy atom. The molecule has 122 valence electrons. The molecule has 1 fully saturated rings. The monoisotopic (exact) mass is 328 g/mol. The van der Waals surface area contributed by atoms with Crippen LogP contribution in [0, 0.1) is 12.8 Å². The molecule has 22 heavy (non-hydrogen) atoms. The van der Waals surface area contributed by atoms with Gasteiger partial charge in [-0.15, -0.1) is 0 Å². The molecule has 8 nitrogen and oxygen atoms in total. The van der Waals surface area contributed by atoms with E-state index >= 15 is 0 Å². The van der Waals surface area contributed by atoms with Gasteiger partial charge in [-0.05, 0) is 6.92 Å². The van der Waals surface area contributed by atoms with Gasteiger partial charge in [0.05, 0.1) is 36.9 Å². The molecule has 0 spiro atoms. The summed E-state index contributed by atoms with van der Waals surface area (Å²) in [6.45, 7) is 2.37. The van der Waals surface area contributed by atoms with Crippen LogP contribution in [0.25, 0.3) is 0 Å². The Bertz CT molecular complexity index is 630. The van der Waals surface area contributed by atoms with Crippen molar-refractivity contribution < 1.29 is 17.9 Å². The Hall–Kier alpha value is -1.58. The molecule has 2 heterocycles. The largest absolute Gasteiger partial charge is 0.379 e. The van der Waals surface area contributed by atoms with Crippen LogP contribution in [0.4, 0.5) is 0 Å². The van der Waals surface area contributed by atoms with E-state index in [4.69, 9.17) is 4.74 Å². The van der Waals surface area contributed by atoms with Crippen molar-refractivity contribution in [3.05, 3.63) is 23.8 Å². The van der Waals surface area contributed by atoms with Crippen LogP contribution in [0.15, 0.2) is 12.4 Å². The number of aromatic nitrogens is 2. The van der Waals surface area contributed by atoms with Crippen LogP contribution < -0.4 is 5.32 Å². The van der Waals surface area contributed by atoms with Crippen molar-refractivity contribution >= 4 is 15.9 Å². The SMILES string of the molecule is Cc1cnc(C(=O)N[C@@H]2COC[C@H]2CS(=O)(=O)N(C)C)cn1. The average Bonchev–Trinajstić information content (AvgIpc) is 2.85. The average molecular weight is 328 g/mol. The molecular weight excluding hydrogens is 308 g/mol. The molecule has 9 heteroatoms. The van der Waals surface area contributed by atoms with Gasteiger partial charge >= 0.3 is 0 Å². The maximum atomic E-state index is 12.1. The molecule has 0 aromatic carbocycles. The lowest BCUT2D eigenvalue weighted by molar-refractivity contribution is 0.0920. The number of hydrogen-bond donors (Lipinski definition) is 1. The summed E-state index contributed by atoms with van der Waals surface area (Å²) >= 11 is 0. The highest BCUT2D eigenvalue weighted by Gasteiger charge is 2.34. The maximum Gasteiger partial charge on any atom is 0.271 e. The molecule has 0 unspecified atom stereocenters. The van der Waals surface area contributed by atoms with Crippen LogP contribution in [-0.2, 0) is 14.8 Å². The van der Waals surface area contributed by atoms with Crippen LogP contribution in [0.3, 0.4) is 0 Å². The molecule has 1 aromatic heterocycles. The van der Waals surface area contributed by atoms with Gasteiger partial charge in [-0.1, -0.05) is 0 Å². The summed E-state index contributed by atoms with van der Waals surface area (Å²) in [5.41, 5.74) is 0.919. The third kappa shape index (κ3) is 3.99. The van der Waals surface area contributed by atoms with E-state index in [1.165, 1.54) is 30.8 Å². The molecule has 1 saturated heterocycles. The first-order valence-electron chi connectivity index (χ1n) is 6.87. The van der Waals surface area contributed by atoms with Crippen molar-refractivity contribution in [2.24, 2.45) is 5.92 Å². The Balaban J connectivity index is 2.02. The van der Waals surface area contributed by atoms with Crippen LogP contribution in [0.5, 0.6) is 0 Å². The number of nitrogens with zero attached hydrogens (tertiary/aromatic N) is 3. The second kappa shape index (κ2) is 6.67. The van der Waals surface area contributed by atoms with Crippen molar-refractivity contribution in [1.82, 2.24) is 19.6 Å². The second-order valence-corrected chi connectivity index (χ2v) is 7.71. The molecule has 0 aliphatic carbocycles. The molecule has 1 aromatic rings. The number of sulfonamides is 1. The Kier molecular flexibility index (Phi) is 5.09. The number of rotatable bonds is 5. The summed E-state index contributed by atoms with van der Waals surface area (Å²) in [7, 11) is -0.373. The number of amides is 1. The first kappa shape index (κ1) is 16.8. The maximum absolute atomic E-state index is 12.1. The number of carbonyl (C=O) groups is 1. The quantitative estimate of drug-likeness (QED) is 0.776. The standard InChI is InChI=1S/C13H20N4O4S/c1-9-4-15-11(5-14-9)13(18)16-12-7-21-6-10(12)8-22(19,20)17(2)3/h4-5,10,12H,6-8H2,1-3H3,(H,16,18)/t10-,12+/m0/s1. The molecule has 1 amide bonds. The number of aryl methyl sites for hydroxylation is 1. The van der Waals surface area contributed by atoms with Gasteiger partial charge in [-0.2, -0.15) is 0 Å². The third-order valence-corrected chi connectivity index (χ3v) is 5.47. The number of carbonyl (C=O) groups excluding carboxylic acids is 1. The fraction of sp³-hybridized carbons (Fsp3) is 0.615. The highest BCUT2D eigenvalue weighted by Crippen LogP contribution is 2.17. The minimum atomic E-state index is -3.35. The zero-order valence-corrected chi connectivity index (χ0v) is 13.6. The van der Waals surface area contributed by atoms with Crippen LogP contribution in [0.1, 0.15) is 16.2 Å². The van der Waals surface area contributed by atoms with Gasteiger partial charge in [0, 0.05) is 26.2 Å². The van der Waals surface area contributed by atoms with Crippen LogP contribution in [0.2, 0.25) is 0 Å². The van der Waals surface area contributed by atoms with Gasteiger partial charge in [0.1, 0.15) is 5.69 Å². The van der Waals surface area contributed by atoms with Gasteiger partial charge in [0.25, 0.3) is 5.91 Å². The molecule has 1 N–H and O–H groups in total. The summed E-state index contributed by atoms with van der Waals surface area (Å²) in [6.07, 6.45) is 2.90. The minimum absolute atomic E-state index is 0.0650. The predicted octanol–water partition coefficient (Wildman–Crippen LogP) is -0.579. The molecule has 2 rings (SSSR count). The van der Waals surface area contributed by atoms with Gasteiger partial charge in [0.2, 0.25) is 10.0 Å². The molecule has 0 saturated carbocycles. The van der Waals surface area contributed by atoms with E-state index in [9.17, 15) is 13.2 Å². The molecule has 1 aliphatic heterocycles. The summed E-state index contributed by atoms with van der Waals surface area (Å²) in [4.78, 5) is 20.2. The Labute approximate surface area is 129 Å². The van der Waals surface area contributed by atoms with Gasteiger partial charge in [-0.3, -0.25) is 9.78 Å². The summed E-state index contributed by atoms with van der Waals surface area (Å²) in [5.74, 6) is -0.727. The van der Waals surface area contributed by atoms with E-state index in [1.807, 2.05) is 0 Å². The molecule has 2 atom stereocenters. The van der Waals surface area contributed by atoms with Crippen molar-refractivity contribution in [2.45, 2.75) is 13.0 Å². The van der Waals surface area contributed by atoms with Gasteiger partial charge < -0.3 is 10.1 Å². The van der Waals surface area contributed by atoms with Crippen molar-refractivity contribution in [2.75, 3.05) is 33.1 Å². The van der Waals surface area contributed by atoms with E-state index in [1.54, 1.807) is 6.92 Å². The lowest BCUT2D eigenvalue weighted by Gasteiger charge is -2.20. The topological polar surface area (TPSA) is 101 Å². The van der Waals surface area contributed by atoms with E-state index in [-0.39, 0.29) is 29.3 Å². The Morgan fingerprint density at radius 3 is 2.68 bits per heavy atom. The summed E-state index contributed by atoms with van der Waals surface area (Å²) < 4.78 is 30.4. The normalized spacial score (nSPS) is 22.0. The molecule has 0 radical (unpaired) electrons. The fourth-order valence-corrected chi connectivity index (χ4v) is 3.26. The smallest absolute Gasteiger partial charge is 0.271 e. The lowest BCUT2D eigenvalue weighted by atomic mass is 10.1. The number of ether oxygens (including phenoxy) is 1. The van der Waals surface area contributed by atoms with E-state index < -0.39 is 10.0 Å². The molecule has 1 aliphatic rings. The van der Waals surface area contributed by atoms with Crippen molar-refractivity contribution in [3.8, 4) is 0 Å². The fourth-order valence-electron chi connectivity index (χ4n) is 2.09. The first-order chi connectivity index (χ1) is 10.3. The second-order valence-electron chi connectivity index (χ2n) is 5.48. The summed E-state index contributed by atoms with van der Waals surface area (Å²) in [5, 5.41) is 2.78. The Morgan fingerprint density at radius 1 is 1.36 bits per heavy atom. The van der Waals surface area contributed by atoms with E-state index in [2.05, 4.69) is 15.3 Å². The van der Waals surface area contributed by atoms with E-state index in [0.29, 0.717) is 13.2 Å². The van der Waals surface area contributed by atoms with Crippen molar-refractivity contribution in [3.63, 3.8) is 0 Å². The van der Waals surface area contributed by atoms with Gasteiger partial charge in [0.15, 0.2) is 0 Å². The lowest BCUT2D eigenvalue weighted by Crippen LogP contribution is -2.43.